The van der Waals surface area contributed by atoms with Crippen LogP contribution in [-0.2, 0) is 4.79 Å². The molecule has 1 atom stereocenters. The summed E-state index contributed by atoms with van der Waals surface area (Å²) < 4.78 is 2.13. The summed E-state index contributed by atoms with van der Waals surface area (Å²) in [6.07, 6.45) is 3.24. The van der Waals surface area contributed by atoms with Gasteiger partial charge in [-0.1, -0.05) is 30.0 Å². The lowest BCUT2D eigenvalue weighted by atomic mass is 10.3. The Morgan fingerprint density at radius 1 is 1.14 bits per heavy atom. The molecular weight excluding hydrogens is 296 g/mol. The highest BCUT2D eigenvalue weighted by atomic mass is 32.2. The smallest absolute Gasteiger partial charge is 0.235 e. The number of para-hydroxylation sites is 1. The van der Waals surface area contributed by atoms with Gasteiger partial charge in [-0.3, -0.25) is 9.36 Å². The number of rotatable bonds is 4. The second-order valence-electron chi connectivity index (χ2n) is 5.94. The maximum Gasteiger partial charge on any atom is 0.235 e. The summed E-state index contributed by atoms with van der Waals surface area (Å²) >= 11 is 1.55. The van der Waals surface area contributed by atoms with Crippen molar-refractivity contribution in [3.05, 3.63) is 36.2 Å². The zero-order valence-corrected chi connectivity index (χ0v) is 13.3. The van der Waals surface area contributed by atoms with Crippen LogP contribution in [0.15, 0.2) is 35.5 Å². The van der Waals surface area contributed by atoms with Gasteiger partial charge in [0.05, 0.1) is 5.25 Å². The van der Waals surface area contributed by atoms with E-state index in [1.807, 2.05) is 25.2 Å². The Bertz CT molecular complexity index is 695. The molecule has 1 saturated carbocycles. The fourth-order valence-corrected chi connectivity index (χ4v) is 3.96. The number of hydrogen-bond donors (Lipinski definition) is 0. The van der Waals surface area contributed by atoms with Crippen molar-refractivity contribution in [1.29, 1.82) is 0 Å². The van der Waals surface area contributed by atoms with E-state index in [4.69, 9.17) is 0 Å². The number of thioether (sulfide) groups is 1. The van der Waals surface area contributed by atoms with Gasteiger partial charge in [-0.15, -0.1) is 10.2 Å². The first-order chi connectivity index (χ1) is 10.7. The van der Waals surface area contributed by atoms with Crippen LogP contribution in [0.25, 0.3) is 5.69 Å². The number of likely N-dealkylation sites (tertiary alicyclic amines) is 1. The molecule has 114 valence electrons. The molecule has 1 aliphatic heterocycles. The van der Waals surface area contributed by atoms with Gasteiger partial charge in [-0.05, 0) is 31.4 Å². The topological polar surface area (TPSA) is 51.0 Å². The summed E-state index contributed by atoms with van der Waals surface area (Å²) in [7, 11) is 1.86. The number of aromatic nitrogens is 3. The Kier molecular flexibility index (Phi) is 3.41. The van der Waals surface area contributed by atoms with Crippen LogP contribution in [-0.4, -0.2) is 44.4 Å². The summed E-state index contributed by atoms with van der Waals surface area (Å²) in [5.74, 6) is 1.75. The molecule has 1 aliphatic carbocycles. The lowest BCUT2D eigenvalue weighted by Crippen LogP contribution is -2.24. The van der Waals surface area contributed by atoms with Crippen molar-refractivity contribution in [1.82, 2.24) is 19.7 Å². The van der Waals surface area contributed by atoms with Crippen molar-refractivity contribution in [2.75, 3.05) is 13.6 Å². The minimum absolute atomic E-state index is 0.0382. The van der Waals surface area contributed by atoms with E-state index >= 15 is 0 Å². The number of benzene rings is 1. The first-order valence-electron chi connectivity index (χ1n) is 7.66. The summed E-state index contributed by atoms with van der Waals surface area (Å²) in [4.78, 5) is 14.0. The molecule has 0 bridgehead atoms. The molecule has 0 N–H and O–H groups in total. The fourth-order valence-electron chi connectivity index (χ4n) is 2.81. The van der Waals surface area contributed by atoms with Gasteiger partial charge < -0.3 is 4.90 Å². The maximum absolute atomic E-state index is 12.2. The molecule has 1 amide bonds. The minimum Gasteiger partial charge on any atom is -0.345 e. The van der Waals surface area contributed by atoms with Crippen molar-refractivity contribution in [3.8, 4) is 5.69 Å². The summed E-state index contributed by atoms with van der Waals surface area (Å²) in [5.41, 5.74) is 1.08. The van der Waals surface area contributed by atoms with E-state index in [1.54, 1.807) is 16.7 Å². The predicted octanol–water partition coefficient (Wildman–Crippen LogP) is 2.47. The van der Waals surface area contributed by atoms with Gasteiger partial charge >= 0.3 is 0 Å². The van der Waals surface area contributed by atoms with Gasteiger partial charge in [0, 0.05) is 25.2 Å². The van der Waals surface area contributed by atoms with E-state index in [2.05, 4.69) is 26.9 Å². The number of hydrogen-bond acceptors (Lipinski definition) is 4. The third kappa shape index (κ3) is 2.41. The van der Waals surface area contributed by atoms with Crippen LogP contribution in [0.2, 0.25) is 0 Å². The Hall–Kier alpha value is -1.82. The molecule has 0 spiro atoms. The molecule has 1 unspecified atom stereocenters. The van der Waals surface area contributed by atoms with Crippen LogP contribution in [0, 0.1) is 0 Å². The van der Waals surface area contributed by atoms with Crippen molar-refractivity contribution in [2.45, 2.75) is 35.6 Å². The highest BCUT2D eigenvalue weighted by Crippen LogP contribution is 2.42. The Balaban J connectivity index is 1.69. The lowest BCUT2D eigenvalue weighted by molar-refractivity contribution is -0.126. The second kappa shape index (κ2) is 5.43. The average molecular weight is 314 g/mol. The molecule has 2 fully saturated rings. The highest BCUT2D eigenvalue weighted by Gasteiger charge is 2.34. The molecule has 5 nitrogen and oxygen atoms in total. The summed E-state index contributed by atoms with van der Waals surface area (Å²) in [6, 6.07) is 10.2. The van der Waals surface area contributed by atoms with Crippen LogP contribution in [0.5, 0.6) is 0 Å². The molecule has 2 aliphatic rings. The number of carbonyl (C=O) groups excluding carboxylic acids is 1. The Morgan fingerprint density at radius 3 is 2.55 bits per heavy atom. The zero-order chi connectivity index (χ0) is 15.1. The van der Waals surface area contributed by atoms with Crippen LogP contribution >= 0.6 is 11.8 Å². The standard InChI is InChI=1S/C16H18N4OS/c1-19-10-9-13(15(19)21)22-16-18-17-14(11-7-8-11)20(16)12-5-3-2-4-6-12/h2-6,11,13H,7-10H2,1H3. The van der Waals surface area contributed by atoms with Gasteiger partial charge in [0.1, 0.15) is 5.82 Å². The van der Waals surface area contributed by atoms with Crippen LogP contribution in [0.1, 0.15) is 31.0 Å². The van der Waals surface area contributed by atoms with E-state index in [1.165, 1.54) is 12.8 Å². The van der Waals surface area contributed by atoms with Gasteiger partial charge in [0.2, 0.25) is 5.91 Å². The quantitative estimate of drug-likeness (QED) is 0.870. The fraction of sp³-hybridized carbons (Fsp3) is 0.438. The SMILES string of the molecule is CN1CCC(Sc2nnc(C3CC3)n2-c2ccccc2)C1=O. The largest absolute Gasteiger partial charge is 0.345 e. The number of amides is 1. The third-order valence-corrected chi connectivity index (χ3v) is 5.44. The van der Waals surface area contributed by atoms with E-state index in [9.17, 15) is 4.79 Å². The van der Waals surface area contributed by atoms with Gasteiger partial charge in [0.15, 0.2) is 5.16 Å². The van der Waals surface area contributed by atoms with Crippen LogP contribution < -0.4 is 0 Å². The van der Waals surface area contributed by atoms with E-state index < -0.39 is 0 Å². The lowest BCUT2D eigenvalue weighted by Gasteiger charge is -2.12. The van der Waals surface area contributed by atoms with E-state index in [0.717, 1.165) is 29.6 Å². The van der Waals surface area contributed by atoms with E-state index in [-0.39, 0.29) is 11.2 Å². The summed E-state index contributed by atoms with van der Waals surface area (Å²) in [5, 5.41) is 9.59. The predicted molar refractivity (Wildman–Crippen MR) is 85.2 cm³/mol. The van der Waals surface area contributed by atoms with E-state index in [0.29, 0.717) is 5.92 Å². The molecule has 2 aromatic rings. The van der Waals surface area contributed by atoms with Gasteiger partial charge in [-0.2, -0.15) is 0 Å². The Labute approximate surface area is 133 Å². The first-order valence-corrected chi connectivity index (χ1v) is 8.54. The average Bonchev–Trinajstić information content (AvgIpc) is 3.24. The molecule has 0 radical (unpaired) electrons. The van der Waals surface area contributed by atoms with Crippen molar-refractivity contribution >= 4 is 17.7 Å². The van der Waals surface area contributed by atoms with Crippen LogP contribution in [0.4, 0.5) is 0 Å². The zero-order valence-electron chi connectivity index (χ0n) is 12.5. The molecule has 4 rings (SSSR count). The highest BCUT2D eigenvalue weighted by molar-refractivity contribution is 8.00. The van der Waals surface area contributed by atoms with Crippen molar-refractivity contribution < 1.29 is 4.79 Å². The molecule has 2 heterocycles. The molecule has 22 heavy (non-hydrogen) atoms. The summed E-state index contributed by atoms with van der Waals surface area (Å²) in [6.45, 7) is 0.825. The second-order valence-corrected chi connectivity index (χ2v) is 7.11. The first kappa shape index (κ1) is 13.8. The van der Waals surface area contributed by atoms with Crippen LogP contribution in [0.3, 0.4) is 0 Å². The Morgan fingerprint density at radius 2 is 1.91 bits per heavy atom. The van der Waals surface area contributed by atoms with Gasteiger partial charge in [-0.25, -0.2) is 0 Å². The monoisotopic (exact) mass is 314 g/mol. The van der Waals surface area contributed by atoms with Crippen molar-refractivity contribution in [2.24, 2.45) is 0 Å². The molecule has 1 aromatic heterocycles. The van der Waals surface area contributed by atoms with Gasteiger partial charge in [0.25, 0.3) is 0 Å². The number of carbonyl (C=O) groups is 1. The number of nitrogens with zero attached hydrogens (tertiary/aromatic N) is 4. The molecule has 1 saturated heterocycles. The molecule has 6 heteroatoms. The minimum atomic E-state index is -0.0382. The van der Waals surface area contributed by atoms with Crippen molar-refractivity contribution in [3.63, 3.8) is 0 Å². The third-order valence-electron chi connectivity index (χ3n) is 4.24. The molecule has 1 aromatic carbocycles. The normalized spacial score (nSPS) is 21.6. The maximum atomic E-state index is 12.2. The molecular formula is C16H18N4OS.